The number of hydrogen-bond acceptors (Lipinski definition) is 5. The smallest absolute Gasteiger partial charge is 0.123 e. The first-order valence-corrected chi connectivity index (χ1v) is 12.7. The Labute approximate surface area is 230 Å². The van der Waals surface area contributed by atoms with Crippen LogP contribution in [0.15, 0.2) is 73.1 Å². The molecule has 208 valence electrons. The average molecular weight is 537 g/mol. The van der Waals surface area contributed by atoms with E-state index in [-0.39, 0.29) is 19.3 Å². The molecule has 0 fully saturated rings. The minimum atomic E-state index is -0.250. The van der Waals surface area contributed by atoms with Crippen LogP contribution in [-0.2, 0) is 17.7 Å². The minimum absolute atomic E-state index is 0. The van der Waals surface area contributed by atoms with Crippen molar-refractivity contribution in [1.29, 1.82) is 0 Å². The first-order chi connectivity index (χ1) is 18.7. The highest BCUT2D eigenvalue weighted by atomic mass is 19.1. The molecule has 0 unspecified atom stereocenters. The number of fused-ring (bicyclic) bond motifs is 1. The fourth-order valence-corrected chi connectivity index (χ4v) is 5.02. The molecular formula is C31H38F2N4O2. The van der Waals surface area contributed by atoms with Gasteiger partial charge in [0.25, 0.3) is 0 Å². The van der Waals surface area contributed by atoms with E-state index in [1.54, 1.807) is 38.7 Å². The number of imidazole rings is 1. The summed E-state index contributed by atoms with van der Waals surface area (Å²) >= 11 is 0. The van der Waals surface area contributed by atoms with Crippen molar-refractivity contribution in [3.63, 3.8) is 0 Å². The van der Waals surface area contributed by atoms with Crippen molar-refractivity contribution in [2.45, 2.75) is 32.9 Å². The zero-order valence-corrected chi connectivity index (χ0v) is 22.1. The molecule has 0 spiro atoms. The molecule has 0 radical (unpaired) electrons. The van der Waals surface area contributed by atoms with E-state index in [9.17, 15) is 8.78 Å². The molecular weight excluding hydrogens is 498 g/mol. The van der Waals surface area contributed by atoms with Crippen LogP contribution in [0.1, 0.15) is 31.3 Å². The van der Waals surface area contributed by atoms with Crippen molar-refractivity contribution in [2.75, 3.05) is 41.1 Å². The van der Waals surface area contributed by atoms with Gasteiger partial charge in [0.15, 0.2) is 0 Å². The Morgan fingerprint density at radius 2 is 1.74 bits per heavy atom. The molecule has 0 saturated carbocycles. The van der Waals surface area contributed by atoms with Gasteiger partial charge < -0.3 is 14.0 Å². The summed E-state index contributed by atoms with van der Waals surface area (Å²) < 4.78 is 36.4. The Morgan fingerprint density at radius 1 is 1.00 bits per heavy atom. The maximum Gasteiger partial charge on any atom is 0.123 e. The molecule has 1 aliphatic heterocycles. The summed E-state index contributed by atoms with van der Waals surface area (Å²) in [5.41, 5.74) is 5.13. The molecule has 5 rings (SSSR count). The molecule has 2 aromatic heterocycles. The van der Waals surface area contributed by atoms with Gasteiger partial charge in [-0.2, -0.15) is 0 Å². The topological polar surface area (TPSA) is 52.4 Å². The molecule has 0 bridgehead atoms. The second kappa shape index (κ2) is 14.5. The van der Waals surface area contributed by atoms with E-state index in [0.717, 1.165) is 66.6 Å². The highest BCUT2D eigenvalue weighted by Gasteiger charge is 2.31. The summed E-state index contributed by atoms with van der Waals surface area (Å²) in [6.45, 7) is 3.15. The van der Waals surface area contributed by atoms with Crippen LogP contribution in [0.4, 0.5) is 8.78 Å². The van der Waals surface area contributed by atoms with E-state index < -0.39 is 0 Å². The minimum Gasteiger partial charge on any atom is -0.497 e. The number of aromatic nitrogens is 3. The van der Waals surface area contributed by atoms with Crippen molar-refractivity contribution in [3.05, 3.63) is 90.3 Å². The summed E-state index contributed by atoms with van der Waals surface area (Å²) in [5, 5.41) is 0. The second-order valence-electron chi connectivity index (χ2n) is 9.11. The Kier molecular flexibility index (Phi) is 11.1. The number of alkyl halides is 1. The van der Waals surface area contributed by atoms with Crippen LogP contribution in [0.2, 0.25) is 0 Å². The molecule has 0 aliphatic carbocycles. The number of methoxy groups -OCH3 is 2. The van der Waals surface area contributed by atoms with Crippen LogP contribution < -0.4 is 4.74 Å². The molecule has 1 atom stereocenters. The van der Waals surface area contributed by atoms with Gasteiger partial charge in [-0.1, -0.05) is 19.6 Å². The van der Waals surface area contributed by atoms with E-state index >= 15 is 0 Å². The molecule has 6 nitrogen and oxygen atoms in total. The second-order valence-corrected chi connectivity index (χ2v) is 9.11. The summed E-state index contributed by atoms with van der Waals surface area (Å²) in [5.74, 6) is 1.68. The first kappa shape index (κ1) is 29.9. The fourth-order valence-electron chi connectivity index (χ4n) is 5.02. The lowest BCUT2D eigenvalue weighted by Gasteiger charge is -2.27. The van der Waals surface area contributed by atoms with Gasteiger partial charge >= 0.3 is 0 Å². The molecule has 0 amide bonds. The van der Waals surface area contributed by atoms with Crippen molar-refractivity contribution >= 4 is 0 Å². The number of rotatable bonds is 10. The third kappa shape index (κ3) is 7.07. The Bertz CT molecular complexity index is 1300. The summed E-state index contributed by atoms with van der Waals surface area (Å²) in [6, 6.07) is 19.1. The van der Waals surface area contributed by atoms with E-state index in [0.29, 0.717) is 13.8 Å². The predicted molar refractivity (Wildman–Crippen MR) is 152 cm³/mol. The summed E-state index contributed by atoms with van der Waals surface area (Å²) in [6.07, 6.45) is 5.54. The van der Waals surface area contributed by atoms with Crippen LogP contribution in [-0.4, -0.2) is 60.5 Å². The third-order valence-corrected chi connectivity index (χ3v) is 6.74. The number of aryl methyl sites for hydroxylation is 1. The van der Waals surface area contributed by atoms with Crippen molar-refractivity contribution in [1.82, 2.24) is 19.4 Å². The summed E-state index contributed by atoms with van der Waals surface area (Å²) in [4.78, 5) is 11.7. The Balaban J connectivity index is 0.00000137. The van der Waals surface area contributed by atoms with E-state index in [1.807, 2.05) is 24.3 Å². The largest absolute Gasteiger partial charge is 0.497 e. The third-order valence-electron chi connectivity index (χ3n) is 6.74. The standard InChI is InChI=1S/C29H31FN4O2.CH3F.CH4/c1-35-17-16-33(19-21-4-3-5-26(18-21)36-2)20-25-10-11-27-32-28(22-6-8-24(30)9-7-22)29(34(25)27)23-12-14-31-15-13-23;1-2;/h3-9,12-15,18,25H,10-11,16-17,19-20H2,1-2H3;1H3;1H4/t25-;;/m0../s1. The maximum atomic E-state index is 13.7. The Hall–Kier alpha value is -3.62. The molecule has 4 aromatic rings. The summed E-state index contributed by atoms with van der Waals surface area (Å²) in [7, 11) is 3.93. The highest BCUT2D eigenvalue weighted by Crippen LogP contribution is 2.40. The lowest BCUT2D eigenvalue weighted by Crippen LogP contribution is -2.32. The highest BCUT2D eigenvalue weighted by molar-refractivity contribution is 5.79. The van der Waals surface area contributed by atoms with E-state index in [2.05, 4.69) is 26.6 Å². The molecule has 2 aromatic carbocycles. The average Bonchev–Trinajstić information content (AvgIpc) is 3.53. The van der Waals surface area contributed by atoms with Crippen molar-refractivity contribution in [2.24, 2.45) is 0 Å². The van der Waals surface area contributed by atoms with Gasteiger partial charge in [0.05, 0.1) is 32.3 Å². The van der Waals surface area contributed by atoms with Gasteiger partial charge in [-0.3, -0.25) is 14.3 Å². The molecule has 1 aliphatic rings. The SMILES string of the molecule is C.CF.COCCN(Cc1cccc(OC)c1)C[C@@H]1CCc2nc(-c3ccc(F)cc3)c(-c3ccncc3)n21. The van der Waals surface area contributed by atoms with Gasteiger partial charge in [-0.25, -0.2) is 9.37 Å². The number of halogens is 2. The molecule has 0 saturated heterocycles. The van der Waals surface area contributed by atoms with Crippen LogP contribution >= 0.6 is 0 Å². The van der Waals surface area contributed by atoms with Gasteiger partial charge in [0, 0.05) is 62.7 Å². The fraction of sp³-hybridized carbons (Fsp3) is 0.355. The van der Waals surface area contributed by atoms with Crippen LogP contribution in [0.25, 0.3) is 22.5 Å². The number of nitrogens with zero attached hydrogens (tertiary/aromatic N) is 4. The van der Waals surface area contributed by atoms with E-state index in [4.69, 9.17) is 14.5 Å². The monoisotopic (exact) mass is 536 g/mol. The molecule has 39 heavy (non-hydrogen) atoms. The molecule has 0 N–H and O–H groups in total. The van der Waals surface area contributed by atoms with Crippen molar-refractivity contribution in [3.8, 4) is 28.3 Å². The number of pyridine rings is 1. The number of benzene rings is 2. The number of hydrogen-bond donors (Lipinski definition) is 0. The first-order valence-electron chi connectivity index (χ1n) is 12.7. The predicted octanol–water partition coefficient (Wildman–Crippen LogP) is 6.62. The number of ether oxygens (including phenoxy) is 2. The molecule has 8 heteroatoms. The lowest BCUT2D eigenvalue weighted by atomic mass is 10.0. The van der Waals surface area contributed by atoms with E-state index in [1.165, 1.54) is 17.7 Å². The van der Waals surface area contributed by atoms with Crippen molar-refractivity contribution < 1.29 is 18.3 Å². The van der Waals surface area contributed by atoms with Gasteiger partial charge in [-0.05, 0) is 60.5 Å². The normalized spacial score (nSPS) is 13.8. The van der Waals surface area contributed by atoms with Gasteiger partial charge in [0.1, 0.15) is 17.4 Å². The van der Waals surface area contributed by atoms with Crippen LogP contribution in [0, 0.1) is 5.82 Å². The lowest BCUT2D eigenvalue weighted by molar-refractivity contribution is 0.134. The van der Waals surface area contributed by atoms with Gasteiger partial charge in [0.2, 0.25) is 0 Å². The zero-order chi connectivity index (χ0) is 26.9. The van der Waals surface area contributed by atoms with Crippen LogP contribution in [0.5, 0.6) is 5.75 Å². The Morgan fingerprint density at radius 3 is 2.44 bits per heavy atom. The quantitative estimate of drug-likeness (QED) is 0.228. The van der Waals surface area contributed by atoms with Crippen LogP contribution in [0.3, 0.4) is 0 Å². The van der Waals surface area contributed by atoms with Gasteiger partial charge in [-0.15, -0.1) is 0 Å². The zero-order valence-electron chi connectivity index (χ0n) is 22.1. The molecule has 3 heterocycles. The maximum absolute atomic E-state index is 13.7.